The van der Waals surface area contributed by atoms with Crippen LogP contribution in [0.3, 0.4) is 0 Å². The van der Waals surface area contributed by atoms with Crippen LogP contribution in [0.4, 0.5) is 13.2 Å². The Morgan fingerprint density at radius 3 is 2.50 bits per heavy atom. The molecule has 9 heteroatoms. The Labute approximate surface area is 159 Å². The molecule has 2 aliphatic rings. The minimum absolute atomic E-state index is 0.00388. The number of carboxylic acids is 1. The third-order valence-electron chi connectivity index (χ3n) is 5.25. The minimum atomic E-state index is -4.54. The van der Waals surface area contributed by atoms with E-state index < -0.39 is 41.1 Å². The number of nitrogens with zero attached hydrogens (tertiary/aromatic N) is 2. The lowest BCUT2D eigenvalue weighted by atomic mass is 9.99. The summed E-state index contributed by atoms with van der Waals surface area (Å²) < 4.78 is 38.7. The summed E-state index contributed by atoms with van der Waals surface area (Å²) in [5.41, 5.74) is -1.75. The van der Waals surface area contributed by atoms with E-state index in [1.165, 1.54) is 21.9 Å². The van der Waals surface area contributed by atoms with E-state index in [0.717, 1.165) is 18.2 Å². The molecule has 1 aromatic rings. The molecule has 1 aliphatic heterocycles. The molecule has 150 valence electrons. The Kier molecular flexibility index (Phi) is 4.95. The quantitative estimate of drug-likeness (QED) is 0.774. The molecule has 1 saturated carbocycles. The van der Waals surface area contributed by atoms with Gasteiger partial charge in [0.05, 0.1) is 5.56 Å². The van der Waals surface area contributed by atoms with Gasteiger partial charge in [0.15, 0.2) is 0 Å². The van der Waals surface area contributed by atoms with Gasteiger partial charge in [0.25, 0.3) is 0 Å². The maximum absolute atomic E-state index is 13.0. The van der Waals surface area contributed by atoms with Gasteiger partial charge >= 0.3 is 12.1 Å². The summed E-state index contributed by atoms with van der Waals surface area (Å²) in [5, 5.41) is 9.63. The molecular weight excluding hydrogens is 377 g/mol. The molecule has 28 heavy (non-hydrogen) atoms. The molecule has 1 aliphatic carbocycles. The summed E-state index contributed by atoms with van der Waals surface area (Å²) in [7, 11) is 0. The molecule has 6 nitrogen and oxygen atoms in total. The van der Waals surface area contributed by atoms with Crippen LogP contribution in [0, 0.1) is 0 Å². The summed E-state index contributed by atoms with van der Waals surface area (Å²) >= 11 is 0. The predicted molar refractivity (Wildman–Crippen MR) is 92.2 cm³/mol. The largest absolute Gasteiger partial charge is 0.480 e. The van der Waals surface area contributed by atoms with Crippen molar-refractivity contribution in [3.63, 3.8) is 0 Å². The van der Waals surface area contributed by atoms with E-state index in [9.17, 15) is 32.7 Å². The summed E-state index contributed by atoms with van der Waals surface area (Å²) in [6.07, 6.45) is -2.83. The lowest BCUT2D eigenvalue weighted by Gasteiger charge is -2.43. The van der Waals surface area contributed by atoms with Gasteiger partial charge in [-0.05, 0) is 30.5 Å². The molecule has 0 radical (unpaired) electrons. The normalized spacial score (nSPS) is 19.5. The van der Waals surface area contributed by atoms with Crippen LogP contribution in [0.5, 0.6) is 0 Å². The van der Waals surface area contributed by atoms with Gasteiger partial charge in [-0.1, -0.05) is 24.8 Å². The average Bonchev–Trinajstić information content (AvgIpc) is 3.42. The molecule has 1 heterocycles. The zero-order valence-electron chi connectivity index (χ0n) is 14.9. The standard InChI is InChI=1S/C19H19F3N2O4/c1-2-15(25)24-9-8-23(17(28)18(24)6-7-18)14(16(26)27)11-12-4-3-5-13(10-12)19(20,21)22/h2-5,10,14H,1,6-9,11H2,(H,26,27)/t14-/m0/s1. The summed E-state index contributed by atoms with van der Waals surface area (Å²) in [6.45, 7) is 3.57. The maximum atomic E-state index is 13.0. The molecule has 1 saturated heterocycles. The second-order valence-electron chi connectivity index (χ2n) is 6.98. The van der Waals surface area contributed by atoms with Crippen molar-refractivity contribution in [1.29, 1.82) is 0 Å². The van der Waals surface area contributed by atoms with Crippen LogP contribution in [0.1, 0.15) is 24.0 Å². The van der Waals surface area contributed by atoms with Crippen LogP contribution in [0.15, 0.2) is 36.9 Å². The molecule has 0 bridgehead atoms. The molecule has 1 aromatic carbocycles. The SMILES string of the molecule is C=CC(=O)N1CCN([C@@H](Cc2cccc(C(F)(F)F)c2)C(=O)O)C(=O)C12CC2. The van der Waals surface area contributed by atoms with Crippen molar-refractivity contribution in [3.05, 3.63) is 48.0 Å². The second-order valence-corrected chi connectivity index (χ2v) is 6.98. The summed E-state index contributed by atoms with van der Waals surface area (Å²) in [5.74, 6) is -2.17. The molecule has 1 atom stereocenters. The average molecular weight is 396 g/mol. The number of rotatable bonds is 5. The Balaban J connectivity index is 1.84. The van der Waals surface area contributed by atoms with Crippen LogP contribution < -0.4 is 0 Å². The van der Waals surface area contributed by atoms with E-state index in [1.807, 2.05) is 0 Å². The molecule has 1 spiro atoms. The summed E-state index contributed by atoms with van der Waals surface area (Å²) in [6, 6.07) is 3.10. The van der Waals surface area contributed by atoms with E-state index in [4.69, 9.17) is 0 Å². The van der Waals surface area contributed by atoms with Crippen LogP contribution in [0.25, 0.3) is 0 Å². The zero-order valence-corrected chi connectivity index (χ0v) is 14.9. The van der Waals surface area contributed by atoms with E-state index >= 15 is 0 Å². The molecule has 2 amide bonds. The van der Waals surface area contributed by atoms with Gasteiger partial charge in [0.2, 0.25) is 11.8 Å². The third-order valence-corrected chi connectivity index (χ3v) is 5.25. The maximum Gasteiger partial charge on any atom is 0.416 e. The van der Waals surface area contributed by atoms with Gasteiger partial charge in [-0.25, -0.2) is 4.79 Å². The Morgan fingerprint density at radius 1 is 1.29 bits per heavy atom. The zero-order chi connectivity index (χ0) is 20.7. The number of benzene rings is 1. The number of carboxylic acid groups (broad SMARTS) is 1. The fourth-order valence-corrected chi connectivity index (χ4v) is 3.67. The minimum Gasteiger partial charge on any atom is -0.480 e. The first kappa shape index (κ1) is 19.9. The van der Waals surface area contributed by atoms with Crippen molar-refractivity contribution in [2.75, 3.05) is 13.1 Å². The predicted octanol–water partition coefficient (Wildman–Crippen LogP) is 2.09. The Bertz CT molecular complexity index is 833. The highest BCUT2D eigenvalue weighted by Gasteiger charge is 2.60. The lowest BCUT2D eigenvalue weighted by Crippen LogP contribution is -2.64. The fourth-order valence-electron chi connectivity index (χ4n) is 3.67. The number of halogens is 3. The topological polar surface area (TPSA) is 77.9 Å². The van der Waals surface area contributed by atoms with Crippen LogP contribution >= 0.6 is 0 Å². The van der Waals surface area contributed by atoms with Crippen molar-refractivity contribution in [3.8, 4) is 0 Å². The summed E-state index contributed by atoms with van der Waals surface area (Å²) in [4.78, 5) is 39.4. The highest BCUT2D eigenvalue weighted by molar-refractivity contribution is 5.99. The van der Waals surface area contributed by atoms with Crippen LogP contribution in [-0.2, 0) is 27.0 Å². The van der Waals surface area contributed by atoms with Crippen LogP contribution in [0.2, 0.25) is 0 Å². The van der Waals surface area contributed by atoms with E-state index in [-0.39, 0.29) is 25.1 Å². The van der Waals surface area contributed by atoms with Gasteiger partial charge in [0, 0.05) is 19.5 Å². The van der Waals surface area contributed by atoms with Crippen LogP contribution in [-0.4, -0.2) is 57.4 Å². The molecule has 3 rings (SSSR count). The first-order valence-corrected chi connectivity index (χ1v) is 8.74. The van der Waals surface area contributed by atoms with Crippen molar-refractivity contribution in [2.24, 2.45) is 0 Å². The van der Waals surface area contributed by atoms with Gasteiger partial charge in [0.1, 0.15) is 11.6 Å². The molecule has 0 unspecified atom stereocenters. The van der Waals surface area contributed by atoms with E-state index in [1.54, 1.807) is 0 Å². The smallest absolute Gasteiger partial charge is 0.416 e. The van der Waals surface area contributed by atoms with Crippen molar-refractivity contribution in [2.45, 2.75) is 37.0 Å². The van der Waals surface area contributed by atoms with Gasteiger partial charge in [-0.3, -0.25) is 9.59 Å². The number of carbonyl (C=O) groups is 3. The number of piperazine rings is 1. The molecule has 2 fully saturated rings. The molecule has 1 N–H and O–H groups in total. The number of hydrogen-bond acceptors (Lipinski definition) is 3. The fraction of sp³-hybridized carbons (Fsp3) is 0.421. The number of hydrogen-bond donors (Lipinski definition) is 1. The number of aliphatic carboxylic acids is 1. The van der Waals surface area contributed by atoms with Gasteiger partial charge in [-0.15, -0.1) is 0 Å². The number of amides is 2. The highest BCUT2D eigenvalue weighted by Crippen LogP contribution is 2.46. The number of alkyl halides is 3. The Morgan fingerprint density at radius 2 is 1.96 bits per heavy atom. The second kappa shape index (κ2) is 6.96. The first-order chi connectivity index (χ1) is 13.1. The first-order valence-electron chi connectivity index (χ1n) is 8.74. The van der Waals surface area contributed by atoms with E-state index in [2.05, 4.69) is 6.58 Å². The van der Waals surface area contributed by atoms with Crippen molar-refractivity contribution >= 4 is 17.8 Å². The van der Waals surface area contributed by atoms with Gasteiger partial charge < -0.3 is 14.9 Å². The monoisotopic (exact) mass is 396 g/mol. The van der Waals surface area contributed by atoms with E-state index in [0.29, 0.717) is 12.8 Å². The lowest BCUT2D eigenvalue weighted by molar-refractivity contribution is -0.160. The highest BCUT2D eigenvalue weighted by atomic mass is 19.4. The molecule has 0 aromatic heterocycles. The third kappa shape index (κ3) is 3.48. The van der Waals surface area contributed by atoms with Gasteiger partial charge in [-0.2, -0.15) is 13.2 Å². The van der Waals surface area contributed by atoms with Crippen molar-refractivity contribution in [1.82, 2.24) is 9.80 Å². The number of carbonyl (C=O) groups excluding carboxylic acids is 2. The van der Waals surface area contributed by atoms with Crippen molar-refractivity contribution < 1.29 is 32.7 Å². The molecular formula is C19H19F3N2O4. The Hall–Kier alpha value is -2.84.